The van der Waals surface area contributed by atoms with Gasteiger partial charge >= 0.3 is 6.01 Å². The van der Waals surface area contributed by atoms with Gasteiger partial charge in [0.25, 0.3) is 0 Å². The van der Waals surface area contributed by atoms with Gasteiger partial charge in [-0.25, -0.2) is 0 Å². The van der Waals surface area contributed by atoms with Crippen LogP contribution in [0.5, 0.6) is 11.5 Å². The number of hydrogen-bond acceptors (Lipinski definition) is 7. The zero-order valence-electron chi connectivity index (χ0n) is 12.3. The molecular weight excluding hydrogens is 272 g/mol. The number of hydrogen-bond donors (Lipinski definition) is 1. The van der Waals surface area contributed by atoms with Crippen LogP contribution in [0.4, 0.5) is 6.01 Å². The Kier molecular flexibility index (Phi) is 5.39. The third kappa shape index (κ3) is 4.35. The Hall–Kier alpha value is -2.28. The summed E-state index contributed by atoms with van der Waals surface area (Å²) in [6, 6.07) is 7.98. The van der Waals surface area contributed by atoms with Gasteiger partial charge in [0, 0.05) is 13.1 Å². The molecule has 0 saturated heterocycles. The van der Waals surface area contributed by atoms with E-state index in [0.29, 0.717) is 31.7 Å². The van der Waals surface area contributed by atoms with E-state index in [1.165, 1.54) is 0 Å². The van der Waals surface area contributed by atoms with Gasteiger partial charge in [0.1, 0.15) is 18.1 Å². The number of rotatable bonds is 8. The number of anilines is 1. The number of benzene rings is 1. The minimum absolute atomic E-state index is 0.238. The maximum atomic E-state index is 5.68. The lowest BCUT2D eigenvalue weighted by Crippen LogP contribution is -2.24. The van der Waals surface area contributed by atoms with Gasteiger partial charge in [0.05, 0.1) is 19.7 Å². The minimum Gasteiger partial charge on any atom is -0.494 e. The molecule has 0 saturated carbocycles. The van der Waals surface area contributed by atoms with Gasteiger partial charge in [0.2, 0.25) is 5.89 Å². The SMILES string of the molecule is CCOc1cccc(OCCN(C)c2nnc(CN)o2)c1. The molecule has 2 rings (SSSR count). The third-order valence-electron chi connectivity index (χ3n) is 2.77. The van der Waals surface area contributed by atoms with Crippen molar-refractivity contribution in [2.75, 3.05) is 31.7 Å². The zero-order chi connectivity index (χ0) is 15.1. The summed E-state index contributed by atoms with van der Waals surface area (Å²) in [6.45, 7) is 3.92. The third-order valence-corrected chi connectivity index (χ3v) is 2.77. The molecule has 1 heterocycles. The molecule has 1 aromatic carbocycles. The Morgan fingerprint density at radius 3 is 2.67 bits per heavy atom. The molecule has 0 aliphatic heterocycles. The molecule has 0 unspecified atom stereocenters. The van der Waals surface area contributed by atoms with Crippen molar-refractivity contribution in [3.05, 3.63) is 30.2 Å². The van der Waals surface area contributed by atoms with Gasteiger partial charge in [-0.2, -0.15) is 0 Å². The van der Waals surface area contributed by atoms with E-state index in [9.17, 15) is 0 Å². The highest BCUT2D eigenvalue weighted by molar-refractivity contribution is 5.33. The van der Waals surface area contributed by atoms with E-state index in [4.69, 9.17) is 19.6 Å². The first-order valence-electron chi connectivity index (χ1n) is 6.82. The predicted octanol–water partition coefficient (Wildman–Crippen LogP) is 1.44. The van der Waals surface area contributed by atoms with Crippen molar-refractivity contribution in [2.24, 2.45) is 5.73 Å². The highest BCUT2D eigenvalue weighted by Gasteiger charge is 2.09. The molecule has 0 amide bonds. The van der Waals surface area contributed by atoms with Gasteiger partial charge in [-0.3, -0.25) is 0 Å². The maximum absolute atomic E-state index is 5.68. The van der Waals surface area contributed by atoms with Crippen LogP contribution in [0.1, 0.15) is 12.8 Å². The molecule has 2 N–H and O–H groups in total. The van der Waals surface area contributed by atoms with Crippen LogP contribution >= 0.6 is 0 Å². The zero-order valence-corrected chi connectivity index (χ0v) is 12.3. The second-order valence-electron chi connectivity index (χ2n) is 4.36. The van der Waals surface area contributed by atoms with Crippen molar-refractivity contribution >= 4 is 6.01 Å². The van der Waals surface area contributed by atoms with E-state index >= 15 is 0 Å². The van der Waals surface area contributed by atoms with Gasteiger partial charge in [-0.15, -0.1) is 5.10 Å². The minimum atomic E-state index is 0.238. The average Bonchev–Trinajstić information content (AvgIpc) is 2.97. The largest absolute Gasteiger partial charge is 0.494 e. The lowest BCUT2D eigenvalue weighted by Gasteiger charge is -2.14. The van der Waals surface area contributed by atoms with Gasteiger partial charge in [-0.1, -0.05) is 11.2 Å². The van der Waals surface area contributed by atoms with E-state index in [1.807, 2.05) is 43.1 Å². The summed E-state index contributed by atoms with van der Waals surface area (Å²) in [6.07, 6.45) is 0. The monoisotopic (exact) mass is 292 g/mol. The Bertz CT molecular complexity index is 559. The molecule has 0 bridgehead atoms. The summed E-state index contributed by atoms with van der Waals surface area (Å²) in [5.74, 6) is 1.98. The lowest BCUT2D eigenvalue weighted by molar-refractivity contribution is 0.313. The van der Waals surface area contributed by atoms with E-state index < -0.39 is 0 Å². The predicted molar refractivity (Wildman–Crippen MR) is 78.6 cm³/mol. The molecule has 0 aliphatic carbocycles. The van der Waals surface area contributed by atoms with Crippen molar-refractivity contribution in [1.82, 2.24) is 10.2 Å². The molecule has 0 spiro atoms. The number of aromatic nitrogens is 2. The molecule has 21 heavy (non-hydrogen) atoms. The molecule has 114 valence electrons. The van der Waals surface area contributed by atoms with Crippen molar-refractivity contribution in [2.45, 2.75) is 13.5 Å². The lowest BCUT2D eigenvalue weighted by atomic mass is 10.3. The van der Waals surface area contributed by atoms with E-state index in [1.54, 1.807) is 0 Å². The van der Waals surface area contributed by atoms with Crippen molar-refractivity contribution in [1.29, 1.82) is 0 Å². The standard InChI is InChI=1S/C14H20N4O3/c1-3-19-11-5-4-6-12(9-11)20-8-7-18(2)14-17-16-13(10-15)21-14/h4-6,9H,3,7-8,10,15H2,1-2H3. The average molecular weight is 292 g/mol. The molecule has 0 aliphatic rings. The van der Waals surface area contributed by atoms with Crippen LogP contribution in [-0.2, 0) is 6.54 Å². The number of nitrogens with two attached hydrogens (primary N) is 1. The van der Waals surface area contributed by atoms with Gasteiger partial charge in [0.15, 0.2) is 0 Å². The van der Waals surface area contributed by atoms with Crippen LogP contribution < -0.4 is 20.1 Å². The molecule has 2 aromatic rings. The first-order chi connectivity index (χ1) is 10.2. The summed E-state index contributed by atoms with van der Waals surface area (Å²) in [7, 11) is 1.85. The van der Waals surface area contributed by atoms with Crippen molar-refractivity contribution < 1.29 is 13.9 Å². The van der Waals surface area contributed by atoms with Crippen molar-refractivity contribution in [3.8, 4) is 11.5 Å². The number of ether oxygens (including phenoxy) is 2. The molecular formula is C14H20N4O3. The van der Waals surface area contributed by atoms with Crippen LogP contribution in [0.3, 0.4) is 0 Å². The van der Waals surface area contributed by atoms with Crippen LogP contribution in [0.25, 0.3) is 0 Å². The fourth-order valence-corrected chi connectivity index (χ4v) is 1.70. The summed E-state index contributed by atoms with van der Waals surface area (Å²) < 4.78 is 16.5. The second-order valence-corrected chi connectivity index (χ2v) is 4.36. The second kappa shape index (κ2) is 7.49. The van der Waals surface area contributed by atoms with Gasteiger partial charge in [-0.05, 0) is 19.1 Å². The first-order valence-corrected chi connectivity index (χ1v) is 6.82. The summed E-state index contributed by atoms with van der Waals surface area (Å²) in [5, 5.41) is 7.72. The Morgan fingerprint density at radius 2 is 2.00 bits per heavy atom. The smallest absolute Gasteiger partial charge is 0.318 e. The summed E-state index contributed by atoms with van der Waals surface area (Å²) >= 11 is 0. The highest BCUT2D eigenvalue weighted by atomic mass is 16.5. The van der Waals surface area contributed by atoms with Crippen LogP contribution in [-0.4, -0.2) is 37.0 Å². The molecule has 7 heteroatoms. The highest BCUT2D eigenvalue weighted by Crippen LogP contribution is 2.19. The molecule has 0 fully saturated rings. The molecule has 7 nitrogen and oxygen atoms in total. The fraction of sp³-hybridized carbons (Fsp3) is 0.429. The Morgan fingerprint density at radius 1 is 1.24 bits per heavy atom. The normalized spacial score (nSPS) is 10.4. The van der Waals surface area contributed by atoms with Crippen LogP contribution in [0.15, 0.2) is 28.7 Å². The topological polar surface area (TPSA) is 86.6 Å². The number of likely N-dealkylation sites (N-methyl/N-ethyl adjacent to an activating group) is 1. The van der Waals surface area contributed by atoms with Gasteiger partial charge < -0.3 is 24.5 Å². The molecule has 0 radical (unpaired) electrons. The quantitative estimate of drug-likeness (QED) is 0.787. The Balaban J connectivity index is 1.82. The van der Waals surface area contributed by atoms with Crippen molar-refractivity contribution in [3.63, 3.8) is 0 Å². The maximum Gasteiger partial charge on any atom is 0.318 e. The summed E-state index contributed by atoms with van der Waals surface area (Å²) in [5.41, 5.74) is 5.43. The number of nitrogens with zero attached hydrogens (tertiary/aromatic N) is 3. The van der Waals surface area contributed by atoms with Crippen LogP contribution in [0.2, 0.25) is 0 Å². The Labute approximate surface area is 123 Å². The summed E-state index contributed by atoms with van der Waals surface area (Å²) in [4.78, 5) is 1.82. The van der Waals surface area contributed by atoms with E-state index in [-0.39, 0.29) is 6.54 Å². The molecule has 1 aromatic heterocycles. The molecule has 0 atom stereocenters. The van der Waals surface area contributed by atoms with Crippen LogP contribution in [0, 0.1) is 0 Å². The fourth-order valence-electron chi connectivity index (χ4n) is 1.70. The van der Waals surface area contributed by atoms with E-state index in [0.717, 1.165) is 11.5 Å². The van der Waals surface area contributed by atoms with E-state index in [2.05, 4.69) is 10.2 Å². The first kappa shape index (κ1) is 15.1.